The summed E-state index contributed by atoms with van der Waals surface area (Å²) in [4.78, 5) is 0. The molecule has 0 aromatic rings. The molecule has 2 nitrogen and oxygen atoms in total. The Morgan fingerprint density at radius 3 is 2.22 bits per heavy atom. The Morgan fingerprint density at radius 1 is 0.906 bits per heavy atom. The third-order valence-electron chi connectivity index (χ3n) is 12.5. The molecule has 0 unspecified atom stereocenters. The Morgan fingerprint density at radius 2 is 1.56 bits per heavy atom. The maximum atomic E-state index is 11.8. The van der Waals surface area contributed by atoms with Crippen LogP contribution in [0.5, 0.6) is 0 Å². The standard InChI is InChI=1S/C30H48O2/c1-18(2)19-11-14-27(5)20(19)12-16-29(7)22(27)9-10-23-28(6)15-13-24(32)26(3,4)25(28)21(31)17-30(23,29)8/h12,16,18,21-25,31-32H,9-11,13-15,17H2,1-8H3/t21-,22+,23+,24-,25-,27-,28+,29+,30+/m0/s1. The number of allylic oxidation sites excluding steroid dienone is 4. The molecule has 3 saturated carbocycles. The highest BCUT2D eigenvalue weighted by atomic mass is 16.3. The van der Waals surface area contributed by atoms with Gasteiger partial charge in [0.05, 0.1) is 12.2 Å². The lowest BCUT2D eigenvalue weighted by Crippen LogP contribution is -2.69. The molecule has 5 aliphatic rings. The van der Waals surface area contributed by atoms with Gasteiger partial charge in [-0.2, -0.15) is 0 Å². The zero-order chi connectivity index (χ0) is 23.5. The van der Waals surface area contributed by atoms with Crippen molar-refractivity contribution < 1.29 is 10.2 Å². The first-order valence-electron chi connectivity index (χ1n) is 13.5. The minimum atomic E-state index is -0.338. The first-order valence-corrected chi connectivity index (χ1v) is 13.5. The number of hydrogen-bond acceptors (Lipinski definition) is 2. The van der Waals surface area contributed by atoms with Crippen molar-refractivity contribution in [2.45, 2.75) is 113 Å². The lowest BCUT2D eigenvalue weighted by atomic mass is 9.32. The van der Waals surface area contributed by atoms with E-state index in [1.165, 1.54) is 25.7 Å². The van der Waals surface area contributed by atoms with Crippen LogP contribution in [0.2, 0.25) is 0 Å². The number of hydrogen-bond donors (Lipinski definition) is 2. The van der Waals surface area contributed by atoms with E-state index in [1.54, 1.807) is 11.1 Å². The topological polar surface area (TPSA) is 40.5 Å². The summed E-state index contributed by atoms with van der Waals surface area (Å²) < 4.78 is 0. The molecule has 32 heavy (non-hydrogen) atoms. The number of rotatable bonds is 1. The van der Waals surface area contributed by atoms with E-state index in [-0.39, 0.29) is 45.2 Å². The second kappa shape index (κ2) is 6.75. The molecular weight excluding hydrogens is 392 g/mol. The molecule has 0 amide bonds. The summed E-state index contributed by atoms with van der Waals surface area (Å²) >= 11 is 0. The average molecular weight is 441 g/mol. The van der Waals surface area contributed by atoms with E-state index in [2.05, 4.69) is 67.5 Å². The maximum Gasteiger partial charge on any atom is 0.0595 e. The van der Waals surface area contributed by atoms with E-state index in [0.29, 0.717) is 17.8 Å². The van der Waals surface area contributed by atoms with Crippen LogP contribution in [-0.4, -0.2) is 22.4 Å². The van der Waals surface area contributed by atoms with E-state index in [1.807, 2.05) is 0 Å². The normalized spacial score (nSPS) is 54.2. The Hall–Kier alpha value is -0.600. The minimum Gasteiger partial charge on any atom is -0.393 e. The molecule has 180 valence electrons. The zero-order valence-electron chi connectivity index (χ0n) is 22.0. The van der Waals surface area contributed by atoms with Crippen LogP contribution in [-0.2, 0) is 0 Å². The van der Waals surface area contributed by atoms with E-state index >= 15 is 0 Å². The number of fused-ring (bicyclic) bond motifs is 7. The molecule has 2 heteroatoms. The van der Waals surface area contributed by atoms with Crippen molar-refractivity contribution in [1.82, 2.24) is 0 Å². The molecule has 3 fully saturated rings. The fourth-order valence-electron chi connectivity index (χ4n) is 10.9. The van der Waals surface area contributed by atoms with Gasteiger partial charge in [-0.05, 0) is 101 Å². The maximum absolute atomic E-state index is 11.8. The second-order valence-electron chi connectivity index (χ2n) is 14.4. The van der Waals surface area contributed by atoms with E-state index in [0.717, 1.165) is 19.3 Å². The van der Waals surface area contributed by atoms with E-state index in [4.69, 9.17) is 0 Å². The van der Waals surface area contributed by atoms with Crippen LogP contribution in [0.15, 0.2) is 23.3 Å². The molecule has 9 atom stereocenters. The van der Waals surface area contributed by atoms with Gasteiger partial charge in [0.25, 0.3) is 0 Å². The molecule has 0 heterocycles. The van der Waals surface area contributed by atoms with Gasteiger partial charge in [-0.15, -0.1) is 0 Å². The quantitative estimate of drug-likeness (QED) is 0.465. The predicted octanol–water partition coefficient (Wildman–Crippen LogP) is 6.92. The Kier molecular flexibility index (Phi) is 4.88. The van der Waals surface area contributed by atoms with Crippen LogP contribution >= 0.6 is 0 Å². The van der Waals surface area contributed by atoms with Crippen molar-refractivity contribution in [3.05, 3.63) is 23.3 Å². The summed E-state index contributed by atoms with van der Waals surface area (Å²) in [6, 6.07) is 0. The Labute approximate surface area is 197 Å². The first kappa shape index (κ1) is 23.2. The van der Waals surface area contributed by atoms with Gasteiger partial charge in [-0.1, -0.05) is 73.1 Å². The molecule has 0 aliphatic heterocycles. The monoisotopic (exact) mass is 440 g/mol. The first-order chi connectivity index (χ1) is 14.7. The molecule has 2 N–H and O–H groups in total. The molecule has 5 aliphatic carbocycles. The van der Waals surface area contributed by atoms with Gasteiger partial charge in [0.2, 0.25) is 0 Å². The van der Waals surface area contributed by atoms with Gasteiger partial charge in [0.15, 0.2) is 0 Å². The lowest BCUT2D eigenvalue weighted by Gasteiger charge is -2.72. The average Bonchev–Trinajstić information content (AvgIpc) is 3.03. The highest BCUT2D eigenvalue weighted by Crippen LogP contribution is 2.76. The number of aliphatic hydroxyl groups excluding tert-OH is 2. The van der Waals surface area contributed by atoms with Gasteiger partial charge in [0, 0.05) is 0 Å². The largest absolute Gasteiger partial charge is 0.393 e. The molecular formula is C30H48O2. The second-order valence-corrected chi connectivity index (χ2v) is 14.4. The highest BCUT2D eigenvalue weighted by molar-refractivity contribution is 5.44. The van der Waals surface area contributed by atoms with Crippen LogP contribution in [0, 0.1) is 50.7 Å². The fourth-order valence-corrected chi connectivity index (χ4v) is 10.9. The Balaban J connectivity index is 1.62. The van der Waals surface area contributed by atoms with Crippen molar-refractivity contribution in [2.75, 3.05) is 0 Å². The molecule has 0 bridgehead atoms. The molecule has 0 aromatic heterocycles. The van der Waals surface area contributed by atoms with Crippen molar-refractivity contribution in [3.8, 4) is 0 Å². The highest BCUT2D eigenvalue weighted by Gasteiger charge is 2.70. The van der Waals surface area contributed by atoms with Crippen LogP contribution in [0.25, 0.3) is 0 Å². The third kappa shape index (κ3) is 2.55. The van der Waals surface area contributed by atoms with Crippen LogP contribution in [0.1, 0.15) is 100 Å². The molecule has 0 radical (unpaired) electrons. The molecule has 5 rings (SSSR count). The van der Waals surface area contributed by atoms with E-state index in [9.17, 15) is 10.2 Å². The van der Waals surface area contributed by atoms with Crippen molar-refractivity contribution in [3.63, 3.8) is 0 Å². The molecule has 0 saturated heterocycles. The summed E-state index contributed by atoms with van der Waals surface area (Å²) in [5, 5.41) is 22.6. The predicted molar refractivity (Wildman–Crippen MR) is 132 cm³/mol. The van der Waals surface area contributed by atoms with Gasteiger partial charge in [-0.25, -0.2) is 0 Å². The van der Waals surface area contributed by atoms with Crippen LogP contribution in [0.4, 0.5) is 0 Å². The van der Waals surface area contributed by atoms with Crippen molar-refractivity contribution in [2.24, 2.45) is 50.7 Å². The summed E-state index contributed by atoms with van der Waals surface area (Å²) in [5.74, 6) is 2.07. The smallest absolute Gasteiger partial charge is 0.0595 e. The Bertz CT molecular complexity index is 866. The van der Waals surface area contributed by atoms with Crippen molar-refractivity contribution >= 4 is 0 Å². The van der Waals surface area contributed by atoms with Gasteiger partial charge in [-0.3, -0.25) is 0 Å². The zero-order valence-corrected chi connectivity index (χ0v) is 22.0. The van der Waals surface area contributed by atoms with Crippen LogP contribution < -0.4 is 0 Å². The summed E-state index contributed by atoms with van der Waals surface area (Å²) in [6.07, 6.45) is 12.4. The SMILES string of the molecule is CC(C)C1=C2C=C[C@]3(C)[C@H](CC[C@@H]4[C@@]5(C)CC[C@H](O)C(C)(C)[C@@H]5[C@@H](O)C[C@]43C)[C@@]2(C)CC1. The van der Waals surface area contributed by atoms with Gasteiger partial charge in [0.1, 0.15) is 0 Å². The lowest BCUT2D eigenvalue weighted by molar-refractivity contribution is -0.256. The summed E-state index contributed by atoms with van der Waals surface area (Å²) in [7, 11) is 0. The van der Waals surface area contributed by atoms with Crippen LogP contribution in [0.3, 0.4) is 0 Å². The van der Waals surface area contributed by atoms with Gasteiger partial charge < -0.3 is 10.2 Å². The van der Waals surface area contributed by atoms with E-state index < -0.39 is 0 Å². The fraction of sp³-hybridized carbons (Fsp3) is 0.867. The summed E-state index contributed by atoms with van der Waals surface area (Å²) in [5.41, 5.74) is 3.68. The number of aliphatic hydroxyl groups is 2. The molecule has 0 aromatic carbocycles. The van der Waals surface area contributed by atoms with Gasteiger partial charge >= 0.3 is 0 Å². The minimum absolute atomic E-state index is 0.0879. The summed E-state index contributed by atoms with van der Waals surface area (Å²) in [6.45, 7) is 19.3. The van der Waals surface area contributed by atoms with Crippen molar-refractivity contribution in [1.29, 1.82) is 0 Å². The third-order valence-corrected chi connectivity index (χ3v) is 12.5. The molecule has 0 spiro atoms.